The van der Waals surface area contributed by atoms with Crippen molar-refractivity contribution in [1.82, 2.24) is 0 Å². The Bertz CT molecular complexity index is 496. The Morgan fingerprint density at radius 3 is 2.50 bits per heavy atom. The van der Waals surface area contributed by atoms with Gasteiger partial charge in [-0.3, -0.25) is 0 Å². The second-order valence-corrected chi connectivity index (χ2v) is 4.88. The molecule has 0 unspecified atom stereocenters. The lowest BCUT2D eigenvalue weighted by atomic mass is 9.97. The molecule has 1 nitrogen and oxygen atoms in total. The zero-order valence-electron chi connectivity index (χ0n) is 12.4. The normalized spacial score (nSPS) is 13.7. The molecule has 0 saturated carbocycles. The molecular formula is C17H23F2N. The summed E-state index contributed by atoms with van der Waals surface area (Å²) in [6.45, 7) is 5.45. The maximum atomic E-state index is 13.4. The van der Waals surface area contributed by atoms with E-state index in [1.165, 1.54) is 6.07 Å². The van der Waals surface area contributed by atoms with Crippen molar-refractivity contribution in [2.24, 2.45) is 5.73 Å². The SMILES string of the molecule is CC/C=C(\C=C(/CC)c1cccc(C(C)(F)F)c1)CN. The molecule has 1 rings (SSSR count). The predicted molar refractivity (Wildman–Crippen MR) is 81.7 cm³/mol. The Hall–Kier alpha value is -1.48. The van der Waals surface area contributed by atoms with Crippen LogP contribution >= 0.6 is 0 Å². The van der Waals surface area contributed by atoms with E-state index in [1.54, 1.807) is 12.1 Å². The van der Waals surface area contributed by atoms with Crippen LogP contribution in [0, 0.1) is 0 Å². The fourth-order valence-corrected chi connectivity index (χ4v) is 2.07. The smallest absolute Gasteiger partial charge is 0.270 e. The Labute approximate surface area is 120 Å². The Balaban J connectivity index is 3.19. The summed E-state index contributed by atoms with van der Waals surface area (Å²) in [4.78, 5) is 0. The molecule has 0 aliphatic carbocycles. The van der Waals surface area contributed by atoms with E-state index in [2.05, 4.69) is 6.08 Å². The van der Waals surface area contributed by atoms with Crippen molar-refractivity contribution in [3.05, 3.63) is 53.1 Å². The van der Waals surface area contributed by atoms with Crippen LogP contribution in [0.1, 0.15) is 44.7 Å². The zero-order valence-corrected chi connectivity index (χ0v) is 12.4. The second-order valence-electron chi connectivity index (χ2n) is 4.88. The molecule has 0 atom stereocenters. The van der Waals surface area contributed by atoms with Crippen LogP contribution in [-0.4, -0.2) is 6.54 Å². The molecular weight excluding hydrogens is 256 g/mol. The fraction of sp³-hybridized carbons (Fsp3) is 0.412. The molecule has 1 aromatic rings. The molecule has 0 bridgehead atoms. The summed E-state index contributed by atoms with van der Waals surface area (Å²) in [6.07, 6.45) is 5.76. The lowest BCUT2D eigenvalue weighted by Crippen LogP contribution is -2.07. The summed E-state index contributed by atoms with van der Waals surface area (Å²) in [6, 6.07) is 6.57. The molecule has 1 aromatic carbocycles. The van der Waals surface area contributed by atoms with Gasteiger partial charge in [-0.05, 0) is 35.6 Å². The summed E-state index contributed by atoms with van der Waals surface area (Å²) in [5.74, 6) is -2.81. The number of allylic oxidation sites excluding steroid dienone is 2. The van der Waals surface area contributed by atoms with Crippen molar-refractivity contribution < 1.29 is 8.78 Å². The molecule has 0 radical (unpaired) electrons. The number of hydrogen-bond donors (Lipinski definition) is 1. The minimum Gasteiger partial charge on any atom is -0.327 e. The third-order valence-corrected chi connectivity index (χ3v) is 3.18. The lowest BCUT2D eigenvalue weighted by molar-refractivity contribution is 0.0174. The van der Waals surface area contributed by atoms with Crippen LogP contribution in [-0.2, 0) is 5.92 Å². The summed E-state index contributed by atoms with van der Waals surface area (Å²) >= 11 is 0. The number of nitrogens with two attached hydrogens (primary N) is 1. The van der Waals surface area contributed by atoms with E-state index < -0.39 is 5.92 Å². The molecule has 2 N–H and O–H groups in total. The quantitative estimate of drug-likeness (QED) is 0.737. The maximum Gasteiger partial charge on any atom is 0.270 e. The van der Waals surface area contributed by atoms with E-state index in [1.807, 2.05) is 26.0 Å². The third-order valence-electron chi connectivity index (χ3n) is 3.18. The van der Waals surface area contributed by atoms with Gasteiger partial charge >= 0.3 is 0 Å². The van der Waals surface area contributed by atoms with Gasteiger partial charge in [0.15, 0.2) is 0 Å². The Morgan fingerprint density at radius 2 is 2.00 bits per heavy atom. The molecule has 3 heteroatoms. The first kappa shape index (κ1) is 16.6. The van der Waals surface area contributed by atoms with Crippen LogP contribution in [0.4, 0.5) is 8.78 Å². The number of halogens is 2. The van der Waals surface area contributed by atoms with Crippen molar-refractivity contribution in [2.45, 2.75) is 39.5 Å². The maximum absolute atomic E-state index is 13.4. The van der Waals surface area contributed by atoms with Gasteiger partial charge in [-0.2, -0.15) is 0 Å². The minimum absolute atomic E-state index is 0.0446. The van der Waals surface area contributed by atoms with E-state index in [0.717, 1.165) is 36.5 Å². The average Bonchev–Trinajstić information content (AvgIpc) is 2.42. The van der Waals surface area contributed by atoms with Gasteiger partial charge in [0.05, 0.1) is 0 Å². The van der Waals surface area contributed by atoms with Crippen LogP contribution in [0.2, 0.25) is 0 Å². The first-order valence-corrected chi connectivity index (χ1v) is 7.00. The summed E-state index contributed by atoms with van der Waals surface area (Å²) < 4.78 is 26.8. The summed E-state index contributed by atoms with van der Waals surface area (Å²) in [5.41, 5.74) is 8.65. The number of alkyl halides is 2. The van der Waals surface area contributed by atoms with Crippen molar-refractivity contribution in [2.75, 3.05) is 6.54 Å². The monoisotopic (exact) mass is 279 g/mol. The van der Waals surface area contributed by atoms with Gasteiger partial charge in [0.2, 0.25) is 0 Å². The fourth-order valence-electron chi connectivity index (χ4n) is 2.07. The zero-order chi connectivity index (χ0) is 15.2. The van der Waals surface area contributed by atoms with Crippen LogP contribution in [0.15, 0.2) is 42.0 Å². The topological polar surface area (TPSA) is 26.0 Å². The third kappa shape index (κ3) is 4.57. The molecule has 0 heterocycles. The van der Waals surface area contributed by atoms with Gasteiger partial charge in [-0.1, -0.05) is 44.2 Å². The molecule has 0 fully saturated rings. The Morgan fingerprint density at radius 1 is 1.30 bits per heavy atom. The van der Waals surface area contributed by atoms with E-state index >= 15 is 0 Å². The van der Waals surface area contributed by atoms with E-state index in [0.29, 0.717) is 6.54 Å². The Kier molecular flexibility index (Phi) is 6.08. The van der Waals surface area contributed by atoms with Crippen LogP contribution in [0.5, 0.6) is 0 Å². The number of benzene rings is 1. The average molecular weight is 279 g/mol. The van der Waals surface area contributed by atoms with Crippen molar-refractivity contribution in [3.8, 4) is 0 Å². The first-order chi connectivity index (χ1) is 9.42. The molecule has 0 aliphatic rings. The van der Waals surface area contributed by atoms with Gasteiger partial charge in [0, 0.05) is 19.0 Å². The standard InChI is InChI=1S/C17H23F2N/c1-4-7-13(12-20)10-14(5-2)15-8-6-9-16(11-15)17(3,18)19/h6-11H,4-5,12,20H2,1-3H3/b13-7+,14-10+. The lowest BCUT2D eigenvalue weighted by Gasteiger charge is -2.13. The highest BCUT2D eigenvalue weighted by molar-refractivity contribution is 5.68. The number of rotatable bonds is 6. The van der Waals surface area contributed by atoms with Gasteiger partial charge in [0.25, 0.3) is 5.92 Å². The highest BCUT2D eigenvalue weighted by Crippen LogP contribution is 2.30. The van der Waals surface area contributed by atoms with Crippen LogP contribution < -0.4 is 5.73 Å². The first-order valence-electron chi connectivity index (χ1n) is 7.00. The molecule has 0 aliphatic heterocycles. The molecule has 110 valence electrons. The minimum atomic E-state index is -2.81. The van der Waals surface area contributed by atoms with E-state index in [-0.39, 0.29) is 5.56 Å². The highest BCUT2D eigenvalue weighted by Gasteiger charge is 2.24. The largest absolute Gasteiger partial charge is 0.327 e. The molecule has 20 heavy (non-hydrogen) atoms. The van der Waals surface area contributed by atoms with E-state index in [4.69, 9.17) is 5.73 Å². The summed E-state index contributed by atoms with van der Waals surface area (Å²) in [7, 11) is 0. The van der Waals surface area contributed by atoms with Crippen molar-refractivity contribution in [3.63, 3.8) is 0 Å². The van der Waals surface area contributed by atoms with Crippen LogP contribution in [0.25, 0.3) is 5.57 Å². The van der Waals surface area contributed by atoms with E-state index in [9.17, 15) is 8.78 Å². The van der Waals surface area contributed by atoms with Gasteiger partial charge in [-0.15, -0.1) is 0 Å². The van der Waals surface area contributed by atoms with Crippen molar-refractivity contribution in [1.29, 1.82) is 0 Å². The van der Waals surface area contributed by atoms with Crippen LogP contribution in [0.3, 0.4) is 0 Å². The second kappa shape index (κ2) is 7.34. The molecule has 0 aromatic heterocycles. The summed E-state index contributed by atoms with van der Waals surface area (Å²) in [5, 5.41) is 0. The molecule has 0 amide bonds. The molecule has 0 saturated heterocycles. The predicted octanol–water partition coefficient (Wildman–Crippen LogP) is 4.89. The van der Waals surface area contributed by atoms with Gasteiger partial charge in [-0.25, -0.2) is 8.78 Å². The highest BCUT2D eigenvalue weighted by atomic mass is 19.3. The van der Waals surface area contributed by atoms with Gasteiger partial charge < -0.3 is 5.73 Å². The van der Waals surface area contributed by atoms with Crippen molar-refractivity contribution >= 4 is 5.57 Å². The van der Waals surface area contributed by atoms with Gasteiger partial charge in [0.1, 0.15) is 0 Å². The molecule has 0 spiro atoms. The number of hydrogen-bond acceptors (Lipinski definition) is 1.